The minimum atomic E-state index is -3.70. The Kier molecular flexibility index (Phi) is 4.66. The average molecular weight is 365 g/mol. The van der Waals surface area contributed by atoms with Crippen molar-refractivity contribution in [3.05, 3.63) is 59.2 Å². The van der Waals surface area contributed by atoms with Gasteiger partial charge in [-0.3, -0.25) is 4.72 Å². The number of alkyl halides is 1. The number of sulfonamides is 1. The first-order valence-corrected chi connectivity index (χ1v) is 8.76. The maximum absolute atomic E-state index is 12.3. The molecule has 0 aliphatic heterocycles. The van der Waals surface area contributed by atoms with E-state index in [-0.39, 0.29) is 4.90 Å². The number of halogens is 1. The van der Waals surface area contributed by atoms with Gasteiger partial charge in [0.1, 0.15) is 6.07 Å². The van der Waals surface area contributed by atoms with E-state index < -0.39 is 10.0 Å². The number of nitrogens with zero attached hydrogens (tertiary/aromatic N) is 1. The van der Waals surface area contributed by atoms with Gasteiger partial charge in [0.25, 0.3) is 10.0 Å². The van der Waals surface area contributed by atoms with Crippen LogP contribution in [-0.4, -0.2) is 8.42 Å². The van der Waals surface area contributed by atoms with E-state index in [0.717, 1.165) is 11.1 Å². The van der Waals surface area contributed by atoms with Crippen LogP contribution in [0, 0.1) is 18.3 Å². The van der Waals surface area contributed by atoms with Gasteiger partial charge in [0.15, 0.2) is 0 Å². The lowest BCUT2D eigenvalue weighted by Gasteiger charge is -2.11. The molecule has 0 radical (unpaired) electrons. The molecule has 0 aliphatic carbocycles. The Labute approximate surface area is 132 Å². The van der Waals surface area contributed by atoms with Crippen molar-refractivity contribution in [3.8, 4) is 6.07 Å². The van der Waals surface area contributed by atoms with E-state index in [0.29, 0.717) is 16.6 Å². The average Bonchev–Trinajstić information content (AvgIpc) is 2.47. The first-order valence-electron chi connectivity index (χ1n) is 6.15. The Bertz CT molecular complexity index is 793. The Morgan fingerprint density at radius 2 is 1.86 bits per heavy atom. The van der Waals surface area contributed by atoms with Crippen LogP contribution in [0.5, 0.6) is 0 Å². The Hall–Kier alpha value is -1.84. The molecule has 108 valence electrons. The van der Waals surface area contributed by atoms with E-state index in [1.807, 2.05) is 6.07 Å². The monoisotopic (exact) mass is 364 g/mol. The van der Waals surface area contributed by atoms with Gasteiger partial charge in [-0.05, 0) is 36.2 Å². The topological polar surface area (TPSA) is 70.0 Å². The highest BCUT2D eigenvalue weighted by atomic mass is 79.9. The van der Waals surface area contributed by atoms with E-state index in [1.54, 1.807) is 49.4 Å². The van der Waals surface area contributed by atoms with Crippen LogP contribution >= 0.6 is 15.9 Å². The van der Waals surface area contributed by atoms with Gasteiger partial charge in [-0.25, -0.2) is 8.42 Å². The second kappa shape index (κ2) is 6.29. The summed E-state index contributed by atoms with van der Waals surface area (Å²) in [6, 6.07) is 13.6. The van der Waals surface area contributed by atoms with E-state index in [1.165, 1.54) is 0 Å². The maximum Gasteiger partial charge on any atom is 0.261 e. The number of rotatable bonds is 4. The normalized spacial score (nSPS) is 10.9. The maximum atomic E-state index is 12.3. The third kappa shape index (κ3) is 3.43. The van der Waals surface area contributed by atoms with Crippen LogP contribution in [0.3, 0.4) is 0 Å². The van der Waals surface area contributed by atoms with Crippen LogP contribution in [0.1, 0.15) is 16.7 Å². The quantitative estimate of drug-likeness (QED) is 0.843. The number of benzene rings is 2. The lowest BCUT2D eigenvalue weighted by Crippen LogP contribution is -2.14. The molecule has 0 aromatic heterocycles. The zero-order valence-electron chi connectivity index (χ0n) is 11.3. The molecule has 2 rings (SSSR count). The number of hydrogen-bond donors (Lipinski definition) is 1. The standard InChI is InChI=1S/C15H13BrN2O2S/c1-11-3-2-4-15(14(11)10-17)18-21(19,20)13-7-5-12(9-16)6-8-13/h2-8,18H,9H2,1H3. The SMILES string of the molecule is Cc1cccc(NS(=O)(=O)c2ccc(CBr)cc2)c1C#N. The van der Waals surface area contributed by atoms with Gasteiger partial charge in [0, 0.05) is 5.33 Å². The van der Waals surface area contributed by atoms with E-state index >= 15 is 0 Å². The Balaban J connectivity index is 2.38. The van der Waals surface area contributed by atoms with Crippen LogP contribution in [0.4, 0.5) is 5.69 Å². The predicted octanol–water partition coefficient (Wildman–Crippen LogP) is 3.56. The third-order valence-corrected chi connectivity index (χ3v) is 5.05. The van der Waals surface area contributed by atoms with Crippen LogP contribution in [0.15, 0.2) is 47.4 Å². The van der Waals surface area contributed by atoms with Crippen molar-refractivity contribution in [2.45, 2.75) is 17.1 Å². The van der Waals surface area contributed by atoms with Crippen LogP contribution < -0.4 is 4.72 Å². The van der Waals surface area contributed by atoms with Crippen molar-refractivity contribution in [3.63, 3.8) is 0 Å². The first kappa shape index (κ1) is 15.5. The van der Waals surface area contributed by atoms with Crippen LogP contribution in [0.25, 0.3) is 0 Å². The summed E-state index contributed by atoms with van der Waals surface area (Å²) in [4.78, 5) is 0.164. The summed E-state index contributed by atoms with van der Waals surface area (Å²) in [6.07, 6.45) is 0. The molecule has 0 amide bonds. The second-order valence-corrected chi connectivity index (χ2v) is 6.74. The molecule has 4 nitrogen and oxygen atoms in total. The predicted molar refractivity (Wildman–Crippen MR) is 85.8 cm³/mol. The summed E-state index contributed by atoms with van der Waals surface area (Å²) in [5.41, 5.74) is 2.34. The summed E-state index contributed by atoms with van der Waals surface area (Å²) in [5, 5.41) is 9.81. The van der Waals surface area contributed by atoms with Gasteiger partial charge in [-0.2, -0.15) is 5.26 Å². The fourth-order valence-corrected chi connectivity index (χ4v) is 3.31. The lowest BCUT2D eigenvalue weighted by atomic mass is 10.1. The molecular weight excluding hydrogens is 352 g/mol. The summed E-state index contributed by atoms with van der Waals surface area (Å²) in [5.74, 6) is 0. The van der Waals surface area contributed by atoms with Crippen molar-refractivity contribution in [1.29, 1.82) is 5.26 Å². The van der Waals surface area contributed by atoms with E-state index in [4.69, 9.17) is 5.26 Å². The molecule has 0 aliphatic rings. The highest BCUT2D eigenvalue weighted by Gasteiger charge is 2.16. The molecule has 6 heteroatoms. The number of nitrogens with one attached hydrogen (secondary N) is 1. The Morgan fingerprint density at radius 1 is 1.19 bits per heavy atom. The van der Waals surface area contributed by atoms with Gasteiger partial charge in [0.2, 0.25) is 0 Å². The minimum absolute atomic E-state index is 0.164. The smallest absolute Gasteiger partial charge is 0.261 e. The zero-order valence-corrected chi connectivity index (χ0v) is 13.7. The summed E-state index contributed by atoms with van der Waals surface area (Å²) in [7, 11) is -3.70. The summed E-state index contributed by atoms with van der Waals surface area (Å²) < 4.78 is 27.2. The molecule has 0 heterocycles. The number of hydrogen-bond acceptors (Lipinski definition) is 3. The highest BCUT2D eigenvalue weighted by Crippen LogP contribution is 2.22. The molecule has 2 aromatic carbocycles. The number of anilines is 1. The summed E-state index contributed by atoms with van der Waals surface area (Å²) in [6.45, 7) is 1.77. The Morgan fingerprint density at radius 3 is 2.43 bits per heavy atom. The molecule has 21 heavy (non-hydrogen) atoms. The van der Waals surface area contributed by atoms with Crippen molar-refractivity contribution in [2.75, 3.05) is 4.72 Å². The van der Waals surface area contributed by atoms with Gasteiger partial charge >= 0.3 is 0 Å². The van der Waals surface area contributed by atoms with Gasteiger partial charge in [0.05, 0.1) is 16.1 Å². The number of aryl methyl sites for hydroxylation is 1. The fraction of sp³-hybridized carbons (Fsp3) is 0.133. The minimum Gasteiger partial charge on any atom is -0.278 e. The van der Waals surface area contributed by atoms with E-state index in [2.05, 4.69) is 20.7 Å². The first-order chi connectivity index (χ1) is 9.97. The van der Waals surface area contributed by atoms with Crippen LogP contribution in [0.2, 0.25) is 0 Å². The largest absolute Gasteiger partial charge is 0.278 e. The molecule has 0 saturated heterocycles. The highest BCUT2D eigenvalue weighted by molar-refractivity contribution is 9.08. The molecule has 0 unspecified atom stereocenters. The fourth-order valence-electron chi connectivity index (χ4n) is 1.86. The molecule has 2 aromatic rings. The van der Waals surface area contributed by atoms with Gasteiger partial charge in [-0.1, -0.05) is 40.2 Å². The molecule has 0 saturated carbocycles. The molecule has 1 N–H and O–H groups in total. The van der Waals surface area contributed by atoms with Crippen molar-refractivity contribution in [1.82, 2.24) is 0 Å². The van der Waals surface area contributed by atoms with Crippen molar-refractivity contribution < 1.29 is 8.42 Å². The molecule has 0 atom stereocenters. The molecular formula is C15H13BrN2O2S. The summed E-state index contributed by atoms with van der Waals surface area (Å²) >= 11 is 3.31. The lowest BCUT2D eigenvalue weighted by molar-refractivity contribution is 0.601. The van der Waals surface area contributed by atoms with Crippen LogP contribution in [-0.2, 0) is 15.4 Å². The third-order valence-electron chi connectivity index (χ3n) is 3.02. The second-order valence-electron chi connectivity index (χ2n) is 4.49. The van der Waals surface area contributed by atoms with E-state index in [9.17, 15) is 8.42 Å². The number of nitriles is 1. The molecule has 0 bridgehead atoms. The van der Waals surface area contributed by atoms with Crippen molar-refractivity contribution >= 4 is 31.6 Å². The van der Waals surface area contributed by atoms with Crippen molar-refractivity contribution in [2.24, 2.45) is 0 Å². The van der Waals surface area contributed by atoms with Gasteiger partial charge < -0.3 is 0 Å². The molecule has 0 fully saturated rings. The molecule has 0 spiro atoms. The van der Waals surface area contributed by atoms with Gasteiger partial charge in [-0.15, -0.1) is 0 Å². The zero-order chi connectivity index (χ0) is 15.5.